The van der Waals surface area contributed by atoms with Crippen LogP contribution in [-0.2, 0) is 0 Å². The van der Waals surface area contributed by atoms with Crippen LogP contribution in [0.1, 0.15) is 20.3 Å². The molecule has 0 fully saturated rings. The lowest BCUT2D eigenvalue weighted by Crippen LogP contribution is -1.96. The van der Waals surface area contributed by atoms with Gasteiger partial charge in [-0.05, 0) is 13.8 Å². The Labute approximate surface area is 106 Å². The van der Waals surface area contributed by atoms with E-state index in [4.69, 9.17) is 46.4 Å². The second kappa shape index (κ2) is 7.87. The fourth-order valence-electron chi connectivity index (χ4n) is 0.845. The number of halogens is 4. The highest BCUT2D eigenvalue weighted by atomic mass is 35.5. The largest absolute Gasteiger partial charge is 0.119 e. The van der Waals surface area contributed by atoms with Crippen molar-refractivity contribution in [3.63, 3.8) is 0 Å². The van der Waals surface area contributed by atoms with Crippen LogP contribution in [0.5, 0.6) is 0 Å². The molecule has 0 saturated heterocycles. The molecule has 0 aromatic carbocycles. The molecule has 0 radical (unpaired) electrons. The van der Waals surface area contributed by atoms with Crippen LogP contribution in [0.25, 0.3) is 0 Å². The zero-order valence-electron chi connectivity index (χ0n) is 8.18. The Morgan fingerprint density at radius 3 is 2.07 bits per heavy atom. The molecule has 0 amide bonds. The van der Waals surface area contributed by atoms with E-state index in [1.54, 1.807) is 6.08 Å². The molecule has 0 nitrogen and oxygen atoms in total. The monoisotopic (exact) mass is 274 g/mol. The maximum absolute atomic E-state index is 5.99. The van der Waals surface area contributed by atoms with Crippen molar-refractivity contribution in [2.75, 3.05) is 0 Å². The molecule has 4 heteroatoms. The molecule has 0 aromatic heterocycles. The van der Waals surface area contributed by atoms with Crippen LogP contribution in [0, 0.1) is 0 Å². The summed E-state index contributed by atoms with van der Waals surface area (Å²) in [6.45, 7) is 3.73. The van der Waals surface area contributed by atoms with E-state index in [9.17, 15) is 0 Å². The molecule has 0 heterocycles. The van der Waals surface area contributed by atoms with Crippen LogP contribution in [0.2, 0.25) is 0 Å². The first-order valence-electron chi connectivity index (χ1n) is 4.38. The van der Waals surface area contributed by atoms with Crippen LogP contribution < -0.4 is 0 Å². The van der Waals surface area contributed by atoms with Crippen LogP contribution in [-0.4, -0.2) is 16.1 Å². The van der Waals surface area contributed by atoms with E-state index in [-0.39, 0.29) is 16.1 Å². The molecule has 0 bridgehead atoms. The van der Waals surface area contributed by atoms with Crippen molar-refractivity contribution >= 4 is 46.4 Å². The van der Waals surface area contributed by atoms with E-state index >= 15 is 0 Å². The van der Waals surface area contributed by atoms with Gasteiger partial charge >= 0.3 is 0 Å². The summed E-state index contributed by atoms with van der Waals surface area (Å²) in [6.07, 6.45) is 6.04. The second-order valence-electron chi connectivity index (χ2n) is 3.07. The minimum Gasteiger partial charge on any atom is -0.119 e. The van der Waals surface area contributed by atoms with E-state index < -0.39 is 0 Å². The van der Waals surface area contributed by atoms with Crippen molar-refractivity contribution in [3.05, 3.63) is 23.3 Å². The van der Waals surface area contributed by atoms with Crippen molar-refractivity contribution < 1.29 is 0 Å². The topological polar surface area (TPSA) is 0 Å². The number of rotatable bonds is 5. The zero-order valence-corrected chi connectivity index (χ0v) is 11.2. The normalized spacial score (nSPS) is 19.7. The van der Waals surface area contributed by atoms with Gasteiger partial charge in [-0.15, -0.1) is 34.8 Å². The third-order valence-corrected chi connectivity index (χ3v) is 2.24. The first kappa shape index (κ1) is 14.6. The van der Waals surface area contributed by atoms with Gasteiger partial charge in [0.05, 0.1) is 10.8 Å². The Kier molecular flexibility index (Phi) is 8.23. The van der Waals surface area contributed by atoms with Gasteiger partial charge in [0.2, 0.25) is 0 Å². The lowest BCUT2D eigenvalue weighted by molar-refractivity contribution is 1.02. The second-order valence-corrected chi connectivity index (χ2v) is 5.50. The van der Waals surface area contributed by atoms with Crippen LogP contribution in [0.3, 0.4) is 0 Å². The SMILES string of the molecule is CC(Cl)/C=C(\Cl)CC(Cl)/C=C/C(C)Cl. The van der Waals surface area contributed by atoms with Gasteiger partial charge in [0.25, 0.3) is 0 Å². The number of hydrogen-bond acceptors (Lipinski definition) is 0. The summed E-state index contributed by atoms with van der Waals surface area (Å²) in [7, 11) is 0. The van der Waals surface area contributed by atoms with Crippen LogP contribution in [0.15, 0.2) is 23.3 Å². The van der Waals surface area contributed by atoms with Gasteiger partial charge in [-0.3, -0.25) is 0 Å². The molecule has 0 aliphatic carbocycles. The van der Waals surface area contributed by atoms with Gasteiger partial charge in [-0.2, -0.15) is 0 Å². The Balaban J connectivity index is 4.00. The van der Waals surface area contributed by atoms with E-state index in [0.29, 0.717) is 11.5 Å². The molecule has 0 N–H and O–H groups in total. The number of hydrogen-bond donors (Lipinski definition) is 0. The molecular formula is C10H14Cl4. The van der Waals surface area contributed by atoms with Gasteiger partial charge in [-0.25, -0.2) is 0 Å². The highest BCUT2D eigenvalue weighted by Gasteiger charge is 2.04. The molecule has 0 saturated carbocycles. The minimum atomic E-state index is -0.129. The fraction of sp³-hybridized carbons (Fsp3) is 0.600. The van der Waals surface area contributed by atoms with Gasteiger partial charge in [0, 0.05) is 16.8 Å². The summed E-state index contributed by atoms with van der Waals surface area (Å²) < 4.78 is 0. The number of alkyl halides is 3. The van der Waals surface area contributed by atoms with Gasteiger partial charge in [0.15, 0.2) is 0 Å². The Morgan fingerprint density at radius 1 is 1.07 bits per heavy atom. The van der Waals surface area contributed by atoms with E-state index in [0.717, 1.165) is 0 Å². The summed E-state index contributed by atoms with van der Waals surface area (Å²) in [5.41, 5.74) is 0. The Hall–Kier alpha value is 0.640. The van der Waals surface area contributed by atoms with Crippen LogP contribution >= 0.6 is 46.4 Å². The molecule has 0 spiro atoms. The molecule has 0 aromatic rings. The first-order valence-corrected chi connectivity index (χ1v) is 6.07. The molecule has 82 valence electrons. The third-order valence-electron chi connectivity index (χ3n) is 1.39. The fourth-order valence-corrected chi connectivity index (χ4v) is 1.83. The van der Waals surface area contributed by atoms with Crippen molar-refractivity contribution in [1.29, 1.82) is 0 Å². The Morgan fingerprint density at radius 2 is 1.64 bits per heavy atom. The molecule has 14 heavy (non-hydrogen) atoms. The third kappa shape index (κ3) is 9.21. The standard InChI is InChI=1S/C10H14Cl4/c1-7(11)3-4-9(13)6-10(14)5-8(2)12/h3-5,7-9H,6H2,1-2H3/b4-3+,10-5-. The highest BCUT2D eigenvalue weighted by molar-refractivity contribution is 6.32. The van der Waals surface area contributed by atoms with Crippen molar-refractivity contribution in [1.82, 2.24) is 0 Å². The summed E-state index contributed by atoms with van der Waals surface area (Å²) in [5.74, 6) is 0. The summed E-state index contributed by atoms with van der Waals surface area (Å²) in [5, 5.41) is 0.475. The van der Waals surface area contributed by atoms with E-state index in [1.807, 2.05) is 26.0 Å². The zero-order chi connectivity index (χ0) is 11.1. The molecule has 3 atom stereocenters. The quantitative estimate of drug-likeness (QED) is 0.494. The van der Waals surface area contributed by atoms with E-state index in [2.05, 4.69) is 0 Å². The van der Waals surface area contributed by atoms with E-state index in [1.165, 1.54) is 0 Å². The van der Waals surface area contributed by atoms with Crippen LogP contribution in [0.4, 0.5) is 0 Å². The highest BCUT2D eigenvalue weighted by Crippen LogP contribution is 2.18. The molecule has 0 aliphatic rings. The smallest absolute Gasteiger partial charge is 0.0565 e. The number of allylic oxidation sites excluding steroid dienone is 4. The summed E-state index contributed by atoms with van der Waals surface area (Å²) in [4.78, 5) is 0. The van der Waals surface area contributed by atoms with Crippen molar-refractivity contribution in [2.24, 2.45) is 0 Å². The molecular weight excluding hydrogens is 262 g/mol. The lowest BCUT2D eigenvalue weighted by Gasteiger charge is -2.04. The van der Waals surface area contributed by atoms with Crippen molar-refractivity contribution in [2.45, 2.75) is 36.4 Å². The lowest BCUT2D eigenvalue weighted by atomic mass is 10.2. The average Bonchev–Trinajstić information content (AvgIpc) is 1.98. The van der Waals surface area contributed by atoms with Gasteiger partial charge in [-0.1, -0.05) is 29.8 Å². The average molecular weight is 276 g/mol. The molecule has 0 aliphatic heterocycles. The Bertz CT molecular complexity index is 206. The van der Waals surface area contributed by atoms with Crippen molar-refractivity contribution in [3.8, 4) is 0 Å². The minimum absolute atomic E-state index is 0.00837. The summed E-state index contributed by atoms with van der Waals surface area (Å²) in [6, 6.07) is 0. The summed E-state index contributed by atoms with van der Waals surface area (Å²) >= 11 is 23.4. The predicted molar refractivity (Wildman–Crippen MR) is 68.0 cm³/mol. The molecule has 0 rings (SSSR count). The maximum Gasteiger partial charge on any atom is 0.0565 e. The molecule has 3 unspecified atom stereocenters. The van der Waals surface area contributed by atoms with Gasteiger partial charge < -0.3 is 0 Å². The first-order chi connectivity index (χ1) is 6.41. The maximum atomic E-state index is 5.99. The van der Waals surface area contributed by atoms with Gasteiger partial charge in [0.1, 0.15) is 0 Å². The predicted octanol–water partition coefficient (Wildman–Crippen LogP) is 4.92.